The zero-order valence-electron chi connectivity index (χ0n) is 6.58. The summed E-state index contributed by atoms with van der Waals surface area (Å²) in [6.07, 6.45) is 1.05. The van der Waals surface area contributed by atoms with Crippen LogP contribution in [0.1, 0.15) is 13.3 Å². The SMILES string of the molecule is CC(N)(C(=S)S)C1CC[N]C1. The van der Waals surface area contributed by atoms with Crippen molar-refractivity contribution in [2.75, 3.05) is 13.1 Å². The van der Waals surface area contributed by atoms with E-state index in [0.29, 0.717) is 10.1 Å². The molecular formula is C7H13N2S2. The van der Waals surface area contributed by atoms with E-state index in [2.05, 4.69) is 17.9 Å². The van der Waals surface area contributed by atoms with E-state index in [1.807, 2.05) is 6.92 Å². The fourth-order valence-electron chi connectivity index (χ4n) is 1.25. The summed E-state index contributed by atoms with van der Waals surface area (Å²) in [5.41, 5.74) is 5.57. The van der Waals surface area contributed by atoms with Crippen LogP contribution in [-0.4, -0.2) is 22.8 Å². The van der Waals surface area contributed by atoms with Crippen LogP contribution in [0, 0.1) is 5.92 Å². The van der Waals surface area contributed by atoms with Gasteiger partial charge in [-0.05, 0) is 19.3 Å². The number of hydrogen-bond acceptors (Lipinski definition) is 2. The van der Waals surface area contributed by atoms with Crippen molar-refractivity contribution in [2.45, 2.75) is 18.9 Å². The van der Waals surface area contributed by atoms with Gasteiger partial charge in [0.25, 0.3) is 0 Å². The zero-order valence-corrected chi connectivity index (χ0v) is 8.29. The largest absolute Gasteiger partial charge is 0.320 e. The summed E-state index contributed by atoms with van der Waals surface area (Å²) in [5, 5.41) is 4.24. The van der Waals surface area contributed by atoms with E-state index in [0.717, 1.165) is 19.5 Å². The molecule has 0 aromatic heterocycles. The number of thiol groups is 1. The minimum absolute atomic E-state index is 0.396. The highest BCUT2D eigenvalue weighted by atomic mass is 32.1. The maximum Gasteiger partial charge on any atom is 0.0648 e. The van der Waals surface area contributed by atoms with Crippen molar-refractivity contribution in [3.8, 4) is 0 Å². The van der Waals surface area contributed by atoms with Crippen LogP contribution >= 0.6 is 24.8 Å². The van der Waals surface area contributed by atoms with E-state index < -0.39 is 5.54 Å². The summed E-state index contributed by atoms with van der Waals surface area (Å²) < 4.78 is 0.597. The van der Waals surface area contributed by atoms with Gasteiger partial charge in [0.15, 0.2) is 0 Å². The lowest BCUT2D eigenvalue weighted by Crippen LogP contribution is -2.49. The third-order valence-corrected chi connectivity index (χ3v) is 3.22. The molecule has 1 rings (SSSR count). The molecule has 4 heteroatoms. The maximum atomic E-state index is 5.99. The molecule has 2 atom stereocenters. The third kappa shape index (κ3) is 1.93. The highest BCUT2D eigenvalue weighted by Crippen LogP contribution is 2.24. The predicted molar refractivity (Wildman–Crippen MR) is 54.2 cm³/mol. The normalized spacial score (nSPS) is 29.9. The molecular weight excluding hydrogens is 176 g/mol. The minimum Gasteiger partial charge on any atom is -0.320 e. The molecule has 1 radical (unpaired) electrons. The van der Waals surface area contributed by atoms with Gasteiger partial charge in [-0.15, -0.1) is 12.6 Å². The molecule has 1 aliphatic rings. The van der Waals surface area contributed by atoms with E-state index in [1.165, 1.54) is 0 Å². The summed E-state index contributed by atoms with van der Waals surface area (Å²) in [4.78, 5) is 0. The topological polar surface area (TPSA) is 40.1 Å². The van der Waals surface area contributed by atoms with E-state index in [-0.39, 0.29) is 0 Å². The van der Waals surface area contributed by atoms with Gasteiger partial charge in [-0.25, -0.2) is 5.32 Å². The lowest BCUT2D eigenvalue weighted by molar-refractivity contribution is 0.420. The Balaban J connectivity index is 2.62. The van der Waals surface area contributed by atoms with Crippen molar-refractivity contribution in [1.29, 1.82) is 0 Å². The van der Waals surface area contributed by atoms with E-state index in [1.54, 1.807) is 0 Å². The average Bonchev–Trinajstić information content (AvgIpc) is 2.37. The summed E-state index contributed by atoms with van der Waals surface area (Å²) in [5.74, 6) is 0.396. The second-order valence-electron chi connectivity index (χ2n) is 3.20. The molecule has 11 heavy (non-hydrogen) atoms. The molecule has 1 aliphatic heterocycles. The van der Waals surface area contributed by atoms with E-state index in [9.17, 15) is 0 Å². The molecule has 0 aliphatic carbocycles. The van der Waals surface area contributed by atoms with Gasteiger partial charge in [-0.3, -0.25) is 0 Å². The lowest BCUT2D eigenvalue weighted by Gasteiger charge is -2.29. The van der Waals surface area contributed by atoms with Crippen LogP contribution in [0.25, 0.3) is 0 Å². The Morgan fingerprint density at radius 1 is 1.82 bits per heavy atom. The summed E-state index contributed by atoms with van der Waals surface area (Å²) >= 11 is 9.08. The van der Waals surface area contributed by atoms with Crippen LogP contribution in [0.3, 0.4) is 0 Å². The first-order chi connectivity index (χ1) is 5.05. The first kappa shape index (κ1) is 9.45. The number of nitrogens with zero attached hydrogens (tertiary/aromatic N) is 1. The Labute approximate surface area is 78.3 Å². The van der Waals surface area contributed by atoms with Crippen LogP contribution in [0.2, 0.25) is 0 Å². The number of rotatable bonds is 2. The maximum absolute atomic E-state index is 5.99. The van der Waals surface area contributed by atoms with Crippen LogP contribution in [-0.2, 0) is 0 Å². The molecule has 0 spiro atoms. The predicted octanol–water partition coefficient (Wildman–Crippen LogP) is 0.585. The van der Waals surface area contributed by atoms with Gasteiger partial charge >= 0.3 is 0 Å². The van der Waals surface area contributed by atoms with Crippen molar-refractivity contribution in [1.82, 2.24) is 5.32 Å². The summed E-state index contributed by atoms with van der Waals surface area (Å²) in [6.45, 7) is 3.70. The quantitative estimate of drug-likeness (QED) is 0.493. The first-order valence-corrected chi connectivity index (χ1v) is 4.56. The molecule has 2 N–H and O–H groups in total. The summed E-state index contributed by atoms with van der Waals surface area (Å²) in [7, 11) is 0. The Hall–Kier alpha value is 0.360. The number of nitrogens with two attached hydrogens (primary N) is 1. The second-order valence-corrected chi connectivity index (χ2v) is 4.36. The number of thiocarbonyl (C=S) groups is 1. The van der Waals surface area contributed by atoms with Crippen LogP contribution < -0.4 is 11.1 Å². The summed E-state index contributed by atoms with van der Waals surface area (Å²) in [6, 6.07) is 0. The van der Waals surface area contributed by atoms with Crippen LogP contribution in [0.4, 0.5) is 0 Å². The highest BCUT2D eigenvalue weighted by Gasteiger charge is 2.34. The van der Waals surface area contributed by atoms with Gasteiger partial charge in [0.2, 0.25) is 0 Å². The third-order valence-electron chi connectivity index (χ3n) is 2.29. The van der Waals surface area contributed by atoms with Crippen molar-refractivity contribution in [3.05, 3.63) is 0 Å². The number of hydrogen-bond donors (Lipinski definition) is 2. The molecule has 1 heterocycles. The molecule has 0 saturated carbocycles. The van der Waals surface area contributed by atoms with Gasteiger partial charge in [0.05, 0.1) is 9.74 Å². The molecule has 1 saturated heterocycles. The Kier molecular flexibility index (Phi) is 2.91. The van der Waals surface area contributed by atoms with E-state index >= 15 is 0 Å². The Morgan fingerprint density at radius 2 is 2.45 bits per heavy atom. The first-order valence-electron chi connectivity index (χ1n) is 3.70. The Morgan fingerprint density at radius 3 is 2.82 bits per heavy atom. The van der Waals surface area contributed by atoms with Crippen molar-refractivity contribution in [2.24, 2.45) is 11.7 Å². The van der Waals surface area contributed by atoms with Crippen LogP contribution in [0.5, 0.6) is 0 Å². The van der Waals surface area contributed by atoms with Crippen molar-refractivity contribution in [3.63, 3.8) is 0 Å². The fourth-order valence-corrected chi connectivity index (χ4v) is 1.60. The van der Waals surface area contributed by atoms with Gasteiger partial charge in [-0.1, -0.05) is 12.2 Å². The van der Waals surface area contributed by atoms with Crippen molar-refractivity contribution < 1.29 is 0 Å². The molecule has 63 valence electrons. The van der Waals surface area contributed by atoms with Crippen molar-refractivity contribution >= 4 is 29.0 Å². The van der Waals surface area contributed by atoms with E-state index in [4.69, 9.17) is 18.0 Å². The molecule has 2 unspecified atom stereocenters. The lowest BCUT2D eigenvalue weighted by atomic mass is 9.87. The molecule has 0 aromatic carbocycles. The highest BCUT2D eigenvalue weighted by molar-refractivity contribution is 8.11. The molecule has 0 aromatic rings. The standard InChI is InChI=1S/C7H13N2S2/c1-7(8,6(10)11)5-2-3-9-4-5/h5H,2-4,8H2,1H3,(H,10,11). The molecule has 0 bridgehead atoms. The minimum atomic E-state index is -0.418. The van der Waals surface area contributed by atoms with Crippen LogP contribution in [0.15, 0.2) is 0 Å². The van der Waals surface area contributed by atoms with Gasteiger partial charge < -0.3 is 5.73 Å². The zero-order chi connectivity index (χ0) is 8.48. The Bertz CT molecular complexity index is 162. The van der Waals surface area contributed by atoms with Gasteiger partial charge in [-0.2, -0.15) is 0 Å². The monoisotopic (exact) mass is 189 g/mol. The molecule has 0 amide bonds. The fraction of sp³-hybridized carbons (Fsp3) is 0.857. The smallest absolute Gasteiger partial charge is 0.0648 e. The van der Waals surface area contributed by atoms with Gasteiger partial charge in [0, 0.05) is 13.1 Å². The molecule has 2 nitrogen and oxygen atoms in total. The average molecular weight is 189 g/mol. The second kappa shape index (κ2) is 3.39. The van der Waals surface area contributed by atoms with Gasteiger partial charge in [0.1, 0.15) is 0 Å². The molecule has 1 fully saturated rings.